The molecule has 1 atom stereocenters. The van der Waals surface area contributed by atoms with E-state index >= 15 is 0 Å². The molecule has 2 aromatic heterocycles. The molecule has 4 rings (SSSR count). The van der Waals surface area contributed by atoms with Crippen molar-refractivity contribution < 1.29 is 13.9 Å². The molecule has 3 aromatic rings. The number of hydrogen-bond acceptors (Lipinski definition) is 5. The summed E-state index contributed by atoms with van der Waals surface area (Å²) in [5, 5.41) is 2.09. The van der Waals surface area contributed by atoms with Crippen LogP contribution in [0.4, 0.5) is 5.69 Å². The molecular weight excluding hydrogens is 336 g/mol. The van der Waals surface area contributed by atoms with Gasteiger partial charge in [0.1, 0.15) is 5.75 Å². The van der Waals surface area contributed by atoms with E-state index in [1.807, 2.05) is 36.4 Å². The number of thiazole rings is 1. The maximum atomic E-state index is 5.83. The van der Waals surface area contributed by atoms with Crippen LogP contribution in [-0.4, -0.2) is 24.4 Å². The second-order valence-corrected chi connectivity index (χ2v) is 6.78. The van der Waals surface area contributed by atoms with Crippen molar-refractivity contribution >= 4 is 17.0 Å². The van der Waals surface area contributed by atoms with Gasteiger partial charge < -0.3 is 18.5 Å². The van der Waals surface area contributed by atoms with Gasteiger partial charge in [-0.05, 0) is 37.1 Å². The molecule has 0 aliphatic carbocycles. The SMILES string of the molecule is COc1cccc(N=c2scc(-c3ccco3)n2C[C@H]2CCCO2)c1. The lowest BCUT2D eigenvalue weighted by molar-refractivity contribution is 0.0967. The van der Waals surface area contributed by atoms with Crippen molar-refractivity contribution in [1.29, 1.82) is 0 Å². The average molecular weight is 356 g/mol. The van der Waals surface area contributed by atoms with Crippen LogP contribution in [-0.2, 0) is 11.3 Å². The minimum Gasteiger partial charge on any atom is -0.497 e. The van der Waals surface area contributed by atoms with Crippen LogP contribution >= 0.6 is 11.3 Å². The van der Waals surface area contributed by atoms with Crippen LogP contribution in [0.15, 0.2) is 57.5 Å². The van der Waals surface area contributed by atoms with E-state index in [-0.39, 0.29) is 6.10 Å². The van der Waals surface area contributed by atoms with Gasteiger partial charge in [0.15, 0.2) is 10.6 Å². The zero-order chi connectivity index (χ0) is 17.1. The van der Waals surface area contributed by atoms with Crippen LogP contribution in [0.3, 0.4) is 0 Å². The van der Waals surface area contributed by atoms with Gasteiger partial charge in [0.2, 0.25) is 0 Å². The third kappa shape index (κ3) is 3.55. The van der Waals surface area contributed by atoms with Gasteiger partial charge >= 0.3 is 0 Å². The normalized spacial score (nSPS) is 18.0. The molecule has 0 spiro atoms. The molecule has 1 aliphatic heterocycles. The van der Waals surface area contributed by atoms with Crippen LogP contribution in [0.2, 0.25) is 0 Å². The summed E-state index contributed by atoms with van der Waals surface area (Å²) in [4.78, 5) is 5.75. The molecule has 130 valence electrons. The zero-order valence-electron chi connectivity index (χ0n) is 14.1. The molecule has 3 heterocycles. The van der Waals surface area contributed by atoms with E-state index in [0.29, 0.717) is 0 Å². The van der Waals surface area contributed by atoms with E-state index in [9.17, 15) is 0 Å². The summed E-state index contributed by atoms with van der Waals surface area (Å²) in [6, 6.07) is 11.7. The third-order valence-corrected chi connectivity index (χ3v) is 5.12. The van der Waals surface area contributed by atoms with Gasteiger partial charge in [-0.15, -0.1) is 11.3 Å². The predicted octanol–water partition coefficient (Wildman–Crippen LogP) is 4.23. The van der Waals surface area contributed by atoms with E-state index in [1.54, 1.807) is 24.7 Å². The Hall–Kier alpha value is -2.31. The van der Waals surface area contributed by atoms with Crippen LogP contribution in [0, 0.1) is 0 Å². The van der Waals surface area contributed by atoms with E-state index < -0.39 is 0 Å². The minimum atomic E-state index is 0.229. The molecule has 0 N–H and O–H groups in total. The van der Waals surface area contributed by atoms with Crippen LogP contribution in [0.25, 0.3) is 11.5 Å². The van der Waals surface area contributed by atoms with Gasteiger partial charge in [-0.25, -0.2) is 4.99 Å². The monoisotopic (exact) mass is 356 g/mol. The molecule has 1 aliphatic rings. The highest BCUT2D eigenvalue weighted by Gasteiger charge is 2.19. The highest BCUT2D eigenvalue weighted by atomic mass is 32.1. The average Bonchev–Trinajstić information content (AvgIpc) is 3.38. The fourth-order valence-corrected chi connectivity index (χ4v) is 3.92. The first-order valence-corrected chi connectivity index (χ1v) is 9.24. The molecular formula is C19H20N2O3S. The highest BCUT2D eigenvalue weighted by Crippen LogP contribution is 2.24. The lowest BCUT2D eigenvalue weighted by Gasteiger charge is -2.13. The van der Waals surface area contributed by atoms with Gasteiger partial charge in [-0.3, -0.25) is 0 Å². The first-order chi connectivity index (χ1) is 12.3. The molecule has 0 unspecified atom stereocenters. The largest absolute Gasteiger partial charge is 0.497 e. The van der Waals surface area contributed by atoms with Gasteiger partial charge in [0.05, 0.1) is 37.4 Å². The molecule has 25 heavy (non-hydrogen) atoms. The first kappa shape index (κ1) is 16.2. The topological polar surface area (TPSA) is 48.9 Å². The van der Waals surface area contributed by atoms with E-state index in [4.69, 9.17) is 18.9 Å². The van der Waals surface area contributed by atoms with Gasteiger partial charge in [-0.1, -0.05) is 6.07 Å². The summed E-state index contributed by atoms with van der Waals surface area (Å²) < 4.78 is 18.9. The Balaban J connectivity index is 1.77. The lowest BCUT2D eigenvalue weighted by Crippen LogP contribution is -2.23. The number of benzene rings is 1. The number of rotatable bonds is 5. The van der Waals surface area contributed by atoms with E-state index in [0.717, 1.165) is 53.7 Å². The first-order valence-electron chi connectivity index (χ1n) is 8.36. The fourth-order valence-electron chi connectivity index (χ4n) is 3.00. The smallest absolute Gasteiger partial charge is 0.190 e. The number of ether oxygens (including phenoxy) is 2. The second kappa shape index (κ2) is 7.29. The Bertz CT molecular complexity index is 890. The molecule has 1 aromatic carbocycles. The Morgan fingerprint density at radius 2 is 2.28 bits per heavy atom. The quantitative estimate of drug-likeness (QED) is 0.687. The van der Waals surface area contributed by atoms with Gasteiger partial charge in [-0.2, -0.15) is 0 Å². The molecule has 1 saturated heterocycles. The Kier molecular flexibility index (Phi) is 4.72. The number of aromatic nitrogens is 1. The number of methoxy groups -OCH3 is 1. The number of furan rings is 1. The van der Waals surface area contributed by atoms with Crippen LogP contribution in [0.1, 0.15) is 12.8 Å². The van der Waals surface area contributed by atoms with Crippen LogP contribution < -0.4 is 9.54 Å². The van der Waals surface area contributed by atoms with Crippen molar-refractivity contribution in [3.05, 3.63) is 52.8 Å². The van der Waals surface area contributed by atoms with Crippen molar-refractivity contribution in [2.75, 3.05) is 13.7 Å². The maximum Gasteiger partial charge on any atom is 0.190 e. The fraction of sp³-hybridized carbons (Fsp3) is 0.316. The Morgan fingerprint density at radius 1 is 1.32 bits per heavy atom. The summed E-state index contributed by atoms with van der Waals surface area (Å²) in [5.74, 6) is 1.65. The van der Waals surface area contributed by atoms with Crippen molar-refractivity contribution in [2.24, 2.45) is 4.99 Å². The lowest BCUT2D eigenvalue weighted by atomic mass is 10.2. The molecule has 5 nitrogen and oxygen atoms in total. The molecule has 1 fully saturated rings. The molecule has 0 bridgehead atoms. The Labute approximate surface area is 150 Å². The second-order valence-electron chi connectivity index (χ2n) is 5.94. The summed E-state index contributed by atoms with van der Waals surface area (Å²) >= 11 is 1.61. The Morgan fingerprint density at radius 3 is 3.04 bits per heavy atom. The highest BCUT2D eigenvalue weighted by molar-refractivity contribution is 7.07. The minimum absolute atomic E-state index is 0.229. The van der Waals surface area contributed by atoms with Gasteiger partial charge in [0, 0.05) is 18.1 Å². The molecule has 0 radical (unpaired) electrons. The van der Waals surface area contributed by atoms with Crippen molar-refractivity contribution in [3.8, 4) is 17.2 Å². The summed E-state index contributed by atoms with van der Waals surface area (Å²) in [6.07, 6.45) is 4.13. The number of hydrogen-bond donors (Lipinski definition) is 0. The molecule has 6 heteroatoms. The third-order valence-electron chi connectivity index (χ3n) is 4.26. The predicted molar refractivity (Wildman–Crippen MR) is 97.2 cm³/mol. The van der Waals surface area contributed by atoms with Crippen molar-refractivity contribution in [1.82, 2.24) is 4.57 Å². The maximum absolute atomic E-state index is 5.83. The molecule has 0 amide bonds. The standard InChI is InChI=1S/C19H20N2O3S/c1-22-15-6-2-5-14(11-15)20-19-21(12-16-7-3-9-23-16)17(13-25-19)18-8-4-10-24-18/h2,4-6,8,10-11,13,16H,3,7,9,12H2,1H3/t16-/m1/s1. The zero-order valence-corrected chi connectivity index (χ0v) is 14.9. The summed E-state index contributed by atoms with van der Waals surface area (Å²) in [6.45, 7) is 1.62. The summed E-state index contributed by atoms with van der Waals surface area (Å²) in [5.41, 5.74) is 1.90. The van der Waals surface area contributed by atoms with E-state index in [1.165, 1.54) is 0 Å². The van der Waals surface area contributed by atoms with Crippen molar-refractivity contribution in [2.45, 2.75) is 25.5 Å². The van der Waals surface area contributed by atoms with Gasteiger partial charge in [0.25, 0.3) is 0 Å². The molecule has 0 saturated carbocycles. The summed E-state index contributed by atoms with van der Waals surface area (Å²) in [7, 11) is 1.66. The van der Waals surface area contributed by atoms with E-state index in [2.05, 4.69) is 9.95 Å². The van der Waals surface area contributed by atoms with Crippen LogP contribution in [0.5, 0.6) is 5.75 Å². The number of nitrogens with zero attached hydrogens (tertiary/aromatic N) is 2. The van der Waals surface area contributed by atoms with Crippen molar-refractivity contribution in [3.63, 3.8) is 0 Å².